The third kappa shape index (κ3) is 3.79. The van der Waals surface area contributed by atoms with Crippen LogP contribution in [0.3, 0.4) is 0 Å². The molecule has 2 unspecified atom stereocenters. The number of nitrogens with two attached hydrogens (primary N) is 1. The van der Waals surface area contributed by atoms with Crippen LogP contribution in [0.2, 0.25) is 0 Å². The summed E-state index contributed by atoms with van der Waals surface area (Å²) in [5, 5.41) is 0. The largest absolute Gasteiger partial charge is 0.497 e. The topological polar surface area (TPSA) is 57.0 Å². The van der Waals surface area contributed by atoms with E-state index < -0.39 is 5.79 Å². The number of hydrogen-bond acceptors (Lipinski definition) is 5. The zero-order valence-electron chi connectivity index (χ0n) is 17.1. The minimum absolute atomic E-state index is 0.146. The molecule has 0 spiro atoms. The number of halogens is 1. The zero-order chi connectivity index (χ0) is 20.4. The number of benzene rings is 2. The van der Waals surface area contributed by atoms with Crippen molar-refractivity contribution in [1.29, 1.82) is 0 Å². The normalized spacial score (nSPS) is 23.2. The van der Waals surface area contributed by atoms with Gasteiger partial charge in [-0.1, -0.05) is 0 Å². The highest BCUT2D eigenvalue weighted by Gasteiger charge is 2.51. The lowest BCUT2D eigenvalue weighted by Crippen LogP contribution is -2.50. The summed E-state index contributed by atoms with van der Waals surface area (Å²) in [6.07, 6.45) is 2.85. The second kappa shape index (κ2) is 8.20. The molecule has 0 saturated carbocycles. The summed E-state index contributed by atoms with van der Waals surface area (Å²) in [4.78, 5) is 2.48. The summed E-state index contributed by atoms with van der Waals surface area (Å²) in [6.45, 7) is 4.85. The third-order valence-electron chi connectivity index (χ3n) is 6.20. The molecule has 2 aliphatic rings. The average molecular weight is 400 g/mol. The maximum Gasteiger partial charge on any atom is 0.281 e. The molecule has 1 saturated heterocycles. The van der Waals surface area contributed by atoms with E-state index in [1.807, 2.05) is 24.3 Å². The van der Waals surface area contributed by atoms with Gasteiger partial charge >= 0.3 is 0 Å². The molecule has 2 aliphatic heterocycles. The predicted molar refractivity (Wildman–Crippen MR) is 110 cm³/mol. The van der Waals surface area contributed by atoms with Crippen molar-refractivity contribution < 1.29 is 18.6 Å². The number of piperidine rings is 1. The molecule has 29 heavy (non-hydrogen) atoms. The van der Waals surface area contributed by atoms with Gasteiger partial charge in [0, 0.05) is 23.6 Å². The number of ether oxygens (including phenoxy) is 3. The number of rotatable bonds is 6. The van der Waals surface area contributed by atoms with E-state index in [0.717, 1.165) is 43.7 Å². The van der Waals surface area contributed by atoms with Gasteiger partial charge < -0.3 is 24.8 Å². The molecule has 6 heteroatoms. The second-order valence-corrected chi connectivity index (χ2v) is 7.93. The van der Waals surface area contributed by atoms with E-state index in [0.29, 0.717) is 24.1 Å². The van der Waals surface area contributed by atoms with Crippen LogP contribution in [-0.4, -0.2) is 37.7 Å². The molecular weight excluding hydrogens is 371 g/mol. The van der Waals surface area contributed by atoms with Crippen LogP contribution in [0.5, 0.6) is 17.2 Å². The smallest absolute Gasteiger partial charge is 0.281 e. The van der Waals surface area contributed by atoms with E-state index in [2.05, 4.69) is 11.8 Å². The van der Waals surface area contributed by atoms with Crippen molar-refractivity contribution in [2.24, 2.45) is 11.7 Å². The third-order valence-corrected chi connectivity index (χ3v) is 6.20. The molecule has 2 heterocycles. The van der Waals surface area contributed by atoms with E-state index in [-0.39, 0.29) is 11.7 Å². The van der Waals surface area contributed by atoms with Crippen LogP contribution in [0, 0.1) is 11.7 Å². The molecule has 2 aromatic carbocycles. The molecule has 0 radical (unpaired) electrons. The summed E-state index contributed by atoms with van der Waals surface area (Å²) < 4.78 is 31.9. The van der Waals surface area contributed by atoms with Crippen LogP contribution in [0.4, 0.5) is 4.39 Å². The molecule has 2 atom stereocenters. The molecule has 0 aromatic heterocycles. The Morgan fingerprint density at radius 3 is 2.48 bits per heavy atom. The van der Waals surface area contributed by atoms with Crippen molar-refractivity contribution in [3.05, 3.63) is 53.8 Å². The van der Waals surface area contributed by atoms with Crippen molar-refractivity contribution >= 4 is 0 Å². The van der Waals surface area contributed by atoms with E-state index in [1.165, 1.54) is 12.1 Å². The van der Waals surface area contributed by atoms with Crippen LogP contribution < -0.4 is 19.9 Å². The second-order valence-electron chi connectivity index (χ2n) is 7.93. The lowest BCUT2D eigenvalue weighted by molar-refractivity contribution is -0.149. The van der Waals surface area contributed by atoms with Crippen molar-refractivity contribution in [3.8, 4) is 17.2 Å². The maximum atomic E-state index is 13.8. The number of methoxy groups -OCH3 is 1. The van der Waals surface area contributed by atoms with Gasteiger partial charge in [0.25, 0.3) is 5.79 Å². The Bertz CT molecular complexity index is 837. The Kier molecular flexibility index (Phi) is 5.65. The van der Waals surface area contributed by atoms with Crippen LogP contribution in [0.25, 0.3) is 0 Å². The molecule has 4 rings (SSSR count). The predicted octanol–water partition coefficient (Wildman–Crippen LogP) is 3.91. The highest BCUT2D eigenvalue weighted by molar-refractivity contribution is 5.46. The van der Waals surface area contributed by atoms with Gasteiger partial charge in [0.1, 0.15) is 11.6 Å². The Labute approximate surface area is 171 Å². The van der Waals surface area contributed by atoms with Gasteiger partial charge in [-0.15, -0.1) is 0 Å². The highest BCUT2D eigenvalue weighted by atomic mass is 19.1. The summed E-state index contributed by atoms with van der Waals surface area (Å²) >= 11 is 0. The molecule has 0 aliphatic carbocycles. The van der Waals surface area contributed by atoms with Crippen LogP contribution >= 0.6 is 0 Å². The monoisotopic (exact) mass is 400 g/mol. The Balaban J connectivity index is 1.62. The maximum absolute atomic E-state index is 13.8. The standard InChI is InChI=1S/C23H29FN2O3/c1-16(9-12-25)26-13-10-18(11-14-26)23(17-3-6-20(27-2)7-4-17)28-21-8-5-19(24)15-22(21)29-23/h3-8,15-16,18H,9-14,25H2,1-2H3. The van der Waals surface area contributed by atoms with Gasteiger partial charge in [0.15, 0.2) is 11.5 Å². The fourth-order valence-electron chi connectivity index (χ4n) is 4.48. The molecule has 0 bridgehead atoms. The number of nitrogens with zero attached hydrogens (tertiary/aromatic N) is 1. The minimum atomic E-state index is -0.953. The Morgan fingerprint density at radius 1 is 1.14 bits per heavy atom. The molecule has 2 aromatic rings. The van der Waals surface area contributed by atoms with Crippen molar-refractivity contribution in [2.45, 2.75) is 38.0 Å². The van der Waals surface area contributed by atoms with Crippen LogP contribution in [0.1, 0.15) is 31.7 Å². The summed E-state index contributed by atoms with van der Waals surface area (Å²) in [6, 6.07) is 12.7. The van der Waals surface area contributed by atoms with Gasteiger partial charge in [0.05, 0.1) is 7.11 Å². The van der Waals surface area contributed by atoms with E-state index in [4.69, 9.17) is 19.9 Å². The fourth-order valence-corrected chi connectivity index (χ4v) is 4.48. The van der Waals surface area contributed by atoms with Gasteiger partial charge in [-0.25, -0.2) is 4.39 Å². The summed E-state index contributed by atoms with van der Waals surface area (Å²) in [5.41, 5.74) is 6.66. The summed E-state index contributed by atoms with van der Waals surface area (Å²) in [7, 11) is 1.64. The highest BCUT2D eigenvalue weighted by Crippen LogP contribution is 2.50. The SMILES string of the molecule is COc1ccc(C2(C3CCN(C(C)CCN)CC3)Oc3ccc(F)cc3O2)cc1. The first kappa shape index (κ1) is 20.0. The van der Waals surface area contributed by atoms with Crippen LogP contribution in [0.15, 0.2) is 42.5 Å². The van der Waals surface area contributed by atoms with Crippen molar-refractivity contribution in [2.75, 3.05) is 26.7 Å². The van der Waals surface area contributed by atoms with Crippen molar-refractivity contribution in [3.63, 3.8) is 0 Å². The Hall–Kier alpha value is -2.31. The molecule has 156 valence electrons. The van der Waals surface area contributed by atoms with Gasteiger partial charge in [-0.05, 0) is 82.2 Å². The molecular formula is C23H29FN2O3. The van der Waals surface area contributed by atoms with Gasteiger partial charge in [0.2, 0.25) is 0 Å². The summed E-state index contributed by atoms with van der Waals surface area (Å²) in [5.74, 6) is 0.679. The van der Waals surface area contributed by atoms with Gasteiger partial charge in [-0.2, -0.15) is 0 Å². The average Bonchev–Trinajstić information content (AvgIpc) is 3.14. The number of likely N-dealkylation sites (tertiary alicyclic amines) is 1. The fraction of sp³-hybridized carbons (Fsp3) is 0.478. The number of hydrogen-bond donors (Lipinski definition) is 1. The van der Waals surface area contributed by atoms with E-state index >= 15 is 0 Å². The molecule has 0 amide bonds. The first-order valence-corrected chi connectivity index (χ1v) is 10.3. The molecule has 1 fully saturated rings. The zero-order valence-corrected chi connectivity index (χ0v) is 17.1. The van der Waals surface area contributed by atoms with Gasteiger partial charge in [-0.3, -0.25) is 0 Å². The molecule has 2 N–H and O–H groups in total. The van der Waals surface area contributed by atoms with Crippen molar-refractivity contribution in [1.82, 2.24) is 4.90 Å². The number of fused-ring (bicyclic) bond motifs is 1. The quantitative estimate of drug-likeness (QED) is 0.797. The van der Waals surface area contributed by atoms with Crippen LogP contribution in [-0.2, 0) is 5.79 Å². The lowest BCUT2D eigenvalue weighted by Gasteiger charge is -2.42. The first-order chi connectivity index (χ1) is 14.1. The first-order valence-electron chi connectivity index (χ1n) is 10.3. The lowest BCUT2D eigenvalue weighted by atomic mass is 9.83. The minimum Gasteiger partial charge on any atom is -0.497 e. The Morgan fingerprint density at radius 2 is 1.83 bits per heavy atom. The van der Waals surface area contributed by atoms with E-state index in [1.54, 1.807) is 13.2 Å². The molecule has 5 nitrogen and oxygen atoms in total. The van der Waals surface area contributed by atoms with E-state index in [9.17, 15) is 4.39 Å².